The SMILES string of the molecule is O=C(Nc1ccc([N+](=O)[O-])c2ncccc12)[C@H]1CCCN(C(=O)c2ccc(F)cc2)C1. The molecule has 31 heavy (non-hydrogen) atoms. The zero-order chi connectivity index (χ0) is 22.0. The van der Waals surface area contributed by atoms with Crippen molar-refractivity contribution in [1.82, 2.24) is 9.88 Å². The van der Waals surface area contributed by atoms with Crippen LogP contribution in [0.1, 0.15) is 23.2 Å². The third kappa shape index (κ3) is 4.20. The van der Waals surface area contributed by atoms with Crippen LogP contribution in [-0.4, -0.2) is 39.7 Å². The Labute approximate surface area is 176 Å². The molecule has 0 radical (unpaired) electrons. The lowest BCUT2D eigenvalue weighted by Crippen LogP contribution is -2.43. The fraction of sp³-hybridized carbons (Fsp3) is 0.227. The quantitative estimate of drug-likeness (QED) is 0.509. The molecule has 9 heteroatoms. The summed E-state index contributed by atoms with van der Waals surface area (Å²) >= 11 is 0. The van der Waals surface area contributed by atoms with Gasteiger partial charge in [0.05, 0.1) is 16.5 Å². The lowest BCUT2D eigenvalue weighted by atomic mass is 9.96. The van der Waals surface area contributed by atoms with Crippen molar-refractivity contribution in [2.45, 2.75) is 12.8 Å². The second kappa shape index (κ2) is 8.47. The van der Waals surface area contributed by atoms with E-state index in [0.717, 1.165) is 0 Å². The molecule has 3 aromatic rings. The second-order valence-corrected chi connectivity index (χ2v) is 7.38. The van der Waals surface area contributed by atoms with Crippen LogP contribution in [0.25, 0.3) is 10.9 Å². The molecule has 2 amide bonds. The maximum atomic E-state index is 13.1. The van der Waals surface area contributed by atoms with Crippen molar-refractivity contribution in [2.24, 2.45) is 5.92 Å². The van der Waals surface area contributed by atoms with E-state index >= 15 is 0 Å². The van der Waals surface area contributed by atoms with Gasteiger partial charge in [-0.05, 0) is 55.3 Å². The van der Waals surface area contributed by atoms with Gasteiger partial charge < -0.3 is 10.2 Å². The number of hydrogen-bond acceptors (Lipinski definition) is 5. The molecule has 1 aliphatic rings. The molecule has 0 spiro atoms. The van der Waals surface area contributed by atoms with Crippen LogP contribution in [0.4, 0.5) is 15.8 Å². The number of nitrogens with one attached hydrogen (secondary N) is 1. The summed E-state index contributed by atoms with van der Waals surface area (Å²) in [6.07, 6.45) is 2.73. The smallest absolute Gasteiger partial charge is 0.295 e. The topological polar surface area (TPSA) is 105 Å². The van der Waals surface area contributed by atoms with E-state index in [-0.39, 0.29) is 29.6 Å². The largest absolute Gasteiger partial charge is 0.338 e. The van der Waals surface area contributed by atoms with E-state index in [2.05, 4.69) is 10.3 Å². The van der Waals surface area contributed by atoms with Crippen LogP contribution in [0.2, 0.25) is 0 Å². The summed E-state index contributed by atoms with van der Waals surface area (Å²) in [5, 5.41) is 14.6. The normalized spacial score (nSPS) is 16.2. The summed E-state index contributed by atoms with van der Waals surface area (Å²) < 4.78 is 13.1. The van der Waals surface area contributed by atoms with Crippen LogP contribution in [-0.2, 0) is 4.79 Å². The minimum Gasteiger partial charge on any atom is -0.338 e. The summed E-state index contributed by atoms with van der Waals surface area (Å²) in [5.41, 5.74) is 0.861. The zero-order valence-electron chi connectivity index (χ0n) is 16.5. The van der Waals surface area contributed by atoms with Gasteiger partial charge in [0, 0.05) is 36.3 Å². The van der Waals surface area contributed by atoms with Crippen LogP contribution in [0.5, 0.6) is 0 Å². The van der Waals surface area contributed by atoms with E-state index in [1.54, 1.807) is 17.0 Å². The number of piperidine rings is 1. The van der Waals surface area contributed by atoms with E-state index in [4.69, 9.17) is 0 Å². The zero-order valence-corrected chi connectivity index (χ0v) is 16.5. The number of carbonyl (C=O) groups excluding carboxylic acids is 2. The highest BCUT2D eigenvalue weighted by Gasteiger charge is 2.29. The lowest BCUT2D eigenvalue weighted by molar-refractivity contribution is -0.383. The number of carbonyl (C=O) groups is 2. The number of halogens is 1. The summed E-state index contributed by atoms with van der Waals surface area (Å²) in [5.74, 6) is -1.37. The number of benzene rings is 2. The summed E-state index contributed by atoms with van der Waals surface area (Å²) in [6.45, 7) is 0.760. The van der Waals surface area contributed by atoms with Gasteiger partial charge in [-0.25, -0.2) is 9.37 Å². The van der Waals surface area contributed by atoms with Gasteiger partial charge in [-0.1, -0.05) is 0 Å². The Bertz CT molecular complexity index is 1170. The van der Waals surface area contributed by atoms with Gasteiger partial charge in [0.15, 0.2) is 0 Å². The molecule has 1 aliphatic heterocycles. The first-order valence-corrected chi connectivity index (χ1v) is 9.82. The molecule has 4 rings (SSSR count). The molecule has 158 valence electrons. The first-order chi connectivity index (χ1) is 14.9. The Morgan fingerprint density at radius 2 is 1.94 bits per heavy atom. The molecule has 1 N–H and O–H groups in total. The standard InChI is InChI=1S/C22H19FN4O4/c23-16-7-5-14(6-8-16)22(29)26-12-2-3-15(13-26)21(28)25-18-9-10-19(27(30)31)20-17(18)4-1-11-24-20/h1,4-11,15H,2-3,12-13H2,(H,25,28)/t15-/m0/s1. The maximum absolute atomic E-state index is 13.1. The Morgan fingerprint density at radius 3 is 2.68 bits per heavy atom. The third-order valence-electron chi connectivity index (χ3n) is 5.37. The van der Waals surface area contributed by atoms with Gasteiger partial charge >= 0.3 is 0 Å². The van der Waals surface area contributed by atoms with Gasteiger partial charge in [-0.3, -0.25) is 19.7 Å². The van der Waals surface area contributed by atoms with E-state index in [1.165, 1.54) is 42.6 Å². The van der Waals surface area contributed by atoms with Crippen LogP contribution < -0.4 is 5.32 Å². The molecule has 0 aliphatic carbocycles. The van der Waals surface area contributed by atoms with Gasteiger partial charge in [0.1, 0.15) is 11.3 Å². The van der Waals surface area contributed by atoms with Crippen LogP contribution >= 0.6 is 0 Å². The Morgan fingerprint density at radius 1 is 1.16 bits per heavy atom. The van der Waals surface area contributed by atoms with Gasteiger partial charge in [0.2, 0.25) is 5.91 Å². The molecular formula is C22H19FN4O4. The fourth-order valence-electron chi connectivity index (χ4n) is 3.80. The average molecular weight is 422 g/mol. The molecular weight excluding hydrogens is 403 g/mol. The molecule has 1 atom stereocenters. The van der Waals surface area contributed by atoms with Crippen LogP contribution in [0, 0.1) is 21.8 Å². The van der Waals surface area contributed by atoms with Gasteiger partial charge in [-0.15, -0.1) is 0 Å². The van der Waals surface area contributed by atoms with Crippen LogP contribution in [0.3, 0.4) is 0 Å². The number of amides is 2. The highest BCUT2D eigenvalue weighted by atomic mass is 19.1. The number of nitrogens with zero attached hydrogens (tertiary/aromatic N) is 3. The number of likely N-dealkylation sites (tertiary alicyclic amines) is 1. The number of pyridine rings is 1. The van der Waals surface area contributed by atoms with Gasteiger partial charge in [0.25, 0.3) is 11.6 Å². The number of anilines is 1. The van der Waals surface area contributed by atoms with Crippen molar-refractivity contribution in [2.75, 3.05) is 18.4 Å². The Kier molecular flexibility index (Phi) is 5.57. The van der Waals surface area contributed by atoms with Crippen molar-refractivity contribution in [3.63, 3.8) is 0 Å². The van der Waals surface area contributed by atoms with Crippen molar-refractivity contribution in [3.05, 3.63) is 76.2 Å². The van der Waals surface area contributed by atoms with Crippen molar-refractivity contribution in [1.29, 1.82) is 0 Å². The molecule has 2 aromatic carbocycles. The first-order valence-electron chi connectivity index (χ1n) is 9.82. The molecule has 2 heterocycles. The second-order valence-electron chi connectivity index (χ2n) is 7.38. The molecule has 0 unspecified atom stereocenters. The molecule has 1 aromatic heterocycles. The fourth-order valence-corrected chi connectivity index (χ4v) is 3.80. The maximum Gasteiger partial charge on any atom is 0.295 e. The molecule has 1 fully saturated rings. The predicted octanol–water partition coefficient (Wildman–Crippen LogP) is 3.77. The van der Waals surface area contributed by atoms with Crippen molar-refractivity contribution in [3.8, 4) is 0 Å². The monoisotopic (exact) mass is 422 g/mol. The molecule has 1 saturated heterocycles. The van der Waals surface area contributed by atoms with Crippen molar-refractivity contribution >= 4 is 34.1 Å². The number of aromatic nitrogens is 1. The van der Waals surface area contributed by atoms with Gasteiger partial charge in [-0.2, -0.15) is 0 Å². The average Bonchev–Trinajstić information content (AvgIpc) is 2.79. The number of hydrogen-bond donors (Lipinski definition) is 1. The summed E-state index contributed by atoms with van der Waals surface area (Å²) in [6, 6.07) is 11.4. The first kappa shape index (κ1) is 20.4. The minimum atomic E-state index is -0.513. The summed E-state index contributed by atoms with van der Waals surface area (Å²) in [7, 11) is 0. The number of fused-ring (bicyclic) bond motifs is 1. The van der Waals surface area contributed by atoms with E-state index in [9.17, 15) is 24.1 Å². The van der Waals surface area contributed by atoms with E-state index in [1.807, 2.05) is 0 Å². The number of rotatable bonds is 4. The lowest BCUT2D eigenvalue weighted by Gasteiger charge is -2.32. The molecule has 0 saturated carbocycles. The third-order valence-corrected chi connectivity index (χ3v) is 5.37. The number of nitro benzene ring substituents is 1. The van der Waals surface area contributed by atoms with E-state index < -0.39 is 16.7 Å². The van der Waals surface area contributed by atoms with Crippen LogP contribution in [0.15, 0.2) is 54.7 Å². The highest BCUT2D eigenvalue weighted by molar-refractivity contribution is 6.04. The Balaban J connectivity index is 1.51. The highest BCUT2D eigenvalue weighted by Crippen LogP contribution is 2.30. The Hall–Kier alpha value is -3.88. The van der Waals surface area contributed by atoms with Crippen molar-refractivity contribution < 1.29 is 18.9 Å². The summed E-state index contributed by atoms with van der Waals surface area (Å²) in [4.78, 5) is 42.1. The molecule has 0 bridgehead atoms. The van der Waals surface area contributed by atoms with E-state index in [0.29, 0.717) is 36.0 Å². The number of non-ortho nitro benzene ring substituents is 1. The predicted molar refractivity (Wildman–Crippen MR) is 112 cm³/mol. The number of nitro groups is 1. The molecule has 8 nitrogen and oxygen atoms in total. The minimum absolute atomic E-state index is 0.137.